The Labute approximate surface area is 167 Å². The molecule has 0 spiro atoms. The maximum atomic E-state index is 6.26. The monoisotopic (exact) mass is 422 g/mol. The van der Waals surface area contributed by atoms with Crippen LogP contribution in [0.15, 0.2) is 65.3 Å². The molecule has 3 rings (SSSR count). The number of rotatable bonds is 6. The molecule has 0 unspecified atom stereocenters. The third-order valence-corrected chi connectivity index (χ3v) is 7.79. The van der Waals surface area contributed by atoms with Crippen molar-refractivity contribution in [2.45, 2.75) is 27.7 Å². The number of hydrogen-bond donors (Lipinski definition) is 0. The highest BCUT2D eigenvalue weighted by Crippen LogP contribution is 2.34. The lowest BCUT2D eigenvalue weighted by atomic mass is 10.3. The molecule has 0 radical (unpaired) electrons. The van der Waals surface area contributed by atoms with E-state index in [1.54, 1.807) is 0 Å². The normalized spacial score (nSPS) is 12.6. The molecule has 2 aromatic carbocycles. The highest BCUT2D eigenvalue weighted by Gasteiger charge is 2.10. The van der Waals surface area contributed by atoms with Gasteiger partial charge < -0.3 is 16.8 Å². The van der Waals surface area contributed by atoms with Crippen molar-refractivity contribution in [2.75, 3.05) is 35.5 Å². The van der Waals surface area contributed by atoms with Crippen LogP contribution in [0.2, 0.25) is 0 Å². The zero-order valence-corrected chi connectivity index (χ0v) is 18.7. The third kappa shape index (κ3) is 5.15. The zero-order valence-electron chi connectivity index (χ0n) is 16.9. The first-order valence-corrected chi connectivity index (χ1v) is 11.9. The van der Waals surface area contributed by atoms with E-state index in [4.69, 9.17) is 16.8 Å². The Morgan fingerprint density at radius 1 is 0.571 bits per heavy atom. The highest BCUT2D eigenvalue weighted by molar-refractivity contribution is 7.39. The minimum atomic E-state index is -1.30. The van der Waals surface area contributed by atoms with E-state index in [0.717, 1.165) is 48.5 Å². The van der Waals surface area contributed by atoms with Crippen molar-refractivity contribution in [1.82, 2.24) is 0 Å². The van der Waals surface area contributed by atoms with Crippen LogP contribution in [-0.4, -0.2) is 26.2 Å². The molecule has 0 atom stereocenters. The van der Waals surface area contributed by atoms with Crippen LogP contribution in [0.25, 0.3) is 22.3 Å². The first-order chi connectivity index (χ1) is 13.7. The fourth-order valence-corrected chi connectivity index (χ4v) is 5.35. The van der Waals surface area contributed by atoms with Gasteiger partial charge >= 0.3 is 16.3 Å². The van der Waals surface area contributed by atoms with Crippen molar-refractivity contribution in [3.63, 3.8) is 0 Å². The molecule has 0 fully saturated rings. The van der Waals surface area contributed by atoms with Gasteiger partial charge in [0, 0.05) is 38.3 Å². The van der Waals surface area contributed by atoms with E-state index in [1.165, 1.54) is 0 Å². The molecule has 1 aromatic heterocycles. The molecule has 0 aliphatic heterocycles. The van der Waals surface area contributed by atoms with Gasteiger partial charge in [-0.05, 0) is 24.3 Å². The Morgan fingerprint density at radius 2 is 0.857 bits per heavy atom. The van der Waals surface area contributed by atoms with Crippen LogP contribution in [-0.2, 0) is 0 Å². The van der Waals surface area contributed by atoms with Crippen LogP contribution in [0.4, 0.5) is 0 Å². The van der Waals surface area contributed by atoms with Crippen molar-refractivity contribution in [1.29, 1.82) is 0 Å². The summed E-state index contributed by atoms with van der Waals surface area (Å²) in [6, 6.07) is 15.4. The second-order valence-corrected chi connectivity index (χ2v) is 8.88. The molecule has 0 saturated carbocycles. The topological polar surface area (TPSA) is 59.0 Å². The lowest BCUT2D eigenvalue weighted by Crippen LogP contribution is -2.17. The summed E-state index contributed by atoms with van der Waals surface area (Å²) in [5, 5.41) is 0. The second kappa shape index (κ2) is 10.1. The Morgan fingerprint density at radius 3 is 1.11 bits per heavy atom. The van der Waals surface area contributed by atoms with Crippen molar-refractivity contribution < 1.29 is 16.8 Å². The number of benzene rings is 2. The van der Waals surface area contributed by atoms with Crippen LogP contribution in [0.1, 0.15) is 27.7 Å². The molecule has 0 aliphatic rings. The summed E-state index contributed by atoms with van der Waals surface area (Å²) in [6.45, 7) is 11.7. The van der Waals surface area contributed by atoms with Crippen LogP contribution >= 0.6 is 16.3 Å². The Bertz CT molecular complexity index is 869. The lowest BCUT2D eigenvalue weighted by molar-refractivity contribution is 0.606. The number of fused-ring (bicyclic) bond motifs is 4. The maximum Gasteiger partial charge on any atom is 0.309 e. The van der Waals surface area contributed by atoms with Crippen LogP contribution in [0.5, 0.6) is 0 Å². The van der Waals surface area contributed by atoms with Crippen LogP contribution < -0.4 is 9.34 Å². The van der Waals surface area contributed by atoms with E-state index in [1.807, 2.05) is 48.5 Å². The zero-order chi connectivity index (χ0) is 19.9. The van der Waals surface area contributed by atoms with E-state index < -0.39 is 16.3 Å². The lowest BCUT2D eigenvalue weighted by Gasteiger charge is -2.14. The van der Waals surface area contributed by atoms with Crippen LogP contribution in [0.3, 0.4) is 0 Å². The first kappa shape index (κ1) is 20.9. The van der Waals surface area contributed by atoms with E-state index in [2.05, 4.69) is 37.0 Å². The minimum Gasteiger partial charge on any atom is -0.408 e. The van der Waals surface area contributed by atoms with Gasteiger partial charge in [-0.15, -0.1) is 0 Å². The maximum absolute atomic E-state index is 6.26. The predicted molar refractivity (Wildman–Crippen MR) is 119 cm³/mol. The van der Waals surface area contributed by atoms with E-state index >= 15 is 0 Å². The van der Waals surface area contributed by atoms with Crippen molar-refractivity contribution >= 4 is 38.7 Å². The molecule has 0 saturated heterocycles. The van der Waals surface area contributed by atoms with E-state index in [-0.39, 0.29) is 0 Å². The summed E-state index contributed by atoms with van der Waals surface area (Å²) in [5.74, 6) is 0. The fourth-order valence-electron chi connectivity index (χ4n) is 2.71. The van der Waals surface area contributed by atoms with Gasteiger partial charge in [0.2, 0.25) is 0 Å². The Balaban J connectivity index is 2.39. The fraction of sp³-hybridized carbons (Fsp3) is 0.400. The van der Waals surface area contributed by atoms with Gasteiger partial charge in [0.25, 0.3) is 0 Å². The quantitative estimate of drug-likeness (QED) is 0.422. The molecule has 0 aliphatic carbocycles. The summed E-state index contributed by atoms with van der Waals surface area (Å²) in [5.41, 5.74) is 2.90. The van der Waals surface area contributed by atoms with Crippen molar-refractivity contribution in [2.24, 2.45) is 0 Å². The minimum absolute atomic E-state index is 0.724. The molecule has 0 amide bonds. The molecule has 4 bridgehead atoms. The van der Waals surface area contributed by atoms with Crippen molar-refractivity contribution in [3.05, 3.63) is 48.5 Å². The summed E-state index contributed by atoms with van der Waals surface area (Å²) in [6.07, 6.45) is 0. The largest absolute Gasteiger partial charge is 0.408 e. The highest BCUT2D eigenvalue weighted by atomic mass is 31.1. The van der Waals surface area contributed by atoms with Gasteiger partial charge in [-0.25, -0.2) is 9.34 Å². The van der Waals surface area contributed by atoms with E-state index in [9.17, 15) is 0 Å². The van der Waals surface area contributed by atoms with Crippen LogP contribution in [0, 0.1) is 0 Å². The summed E-state index contributed by atoms with van der Waals surface area (Å²) in [4.78, 5) is 0. The summed E-state index contributed by atoms with van der Waals surface area (Å²) in [7, 11) is -2.59. The Kier molecular flexibility index (Phi) is 7.52. The molecule has 1 heterocycles. The molecule has 3 aromatic rings. The van der Waals surface area contributed by atoms with Gasteiger partial charge in [-0.1, -0.05) is 39.8 Å². The average Bonchev–Trinajstić information content (AvgIpc) is 2.69. The van der Waals surface area contributed by atoms with Gasteiger partial charge in [0.15, 0.2) is 0 Å². The summed E-state index contributed by atoms with van der Waals surface area (Å²) >= 11 is 0. The molecular weight excluding hydrogens is 394 g/mol. The molecule has 8 heteroatoms. The molecular formula is C20H28N2O4P2. The second-order valence-electron chi connectivity index (χ2n) is 6.07. The molecule has 0 N–H and O–H groups in total. The number of nitrogens with zero attached hydrogens (tertiary/aromatic N) is 2. The molecule has 6 nitrogen and oxygen atoms in total. The van der Waals surface area contributed by atoms with Gasteiger partial charge in [0.05, 0.1) is 0 Å². The van der Waals surface area contributed by atoms with Gasteiger partial charge in [0.1, 0.15) is 22.3 Å². The average molecular weight is 422 g/mol. The summed E-state index contributed by atoms with van der Waals surface area (Å²) < 4.78 is 29.4. The molecule has 152 valence electrons. The SMILES string of the molecule is CCN(CC)p1oc2cccc(c2)op(N(CC)CC)oc2cccc(c2)o1. The number of hydrogen-bond acceptors (Lipinski definition) is 6. The predicted octanol–water partition coefficient (Wildman–Crippen LogP) is 7.10. The first-order valence-electron chi connectivity index (χ1n) is 9.68. The van der Waals surface area contributed by atoms with E-state index in [0.29, 0.717) is 0 Å². The van der Waals surface area contributed by atoms with Gasteiger partial charge in [-0.3, -0.25) is 0 Å². The smallest absolute Gasteiger partial charge is 0.309 e. The third-order valence-electron chi connectivity index (χ3n) is 4.27. The van der Waals surface area contributed by atoms with Gasteiger partial charge in [-0.2, -0.15) is 0 Å². The standard InChI is InChI=1S/C20H28N2O4P2/c1-5-21(6-2)27-23-17-11-9-13-19(15-17)25-28(22(7-3)8-4)26-20-14-10-12-18(16-20)24-27/h9-16H,5-8H2,1-4H3. The van der Waals surface area contributed by atoms with Crippen molar-refractivity contribution in [3.8, 4) is 0 Å². The Hall–Kier alpha value is -1.84. The molecule has 28 heavy (non-hydrogen) atoms.